The van der Waals surface area contributed by atoms with E-state index in [0.717, 1.165) is 0 Å². The van der Waals surface area contributed by atoms with Crippen LogP contribution in [0.25, 0.3) is 5.69 Å². The Hall–Kier alpha value is -2.49. The van der Waals surface area contributed by atoms with E-state index in [1.165, 1.54) is 47.4 Å². The molecule has 0 radical (unpaired) electrons. The Kier molecular flexibility index (Phi) is 4.71. The molecule has 128 valence electrons. The van der Waals surface area contributed by atoms with Crippen LogP contribution in [0.3, 0.4) is 0 Å². The Balaban J connectivity index is 1.89. The van der Waals surface area contributed by atoms with Gasteiger partial charge in [-0.2, -0.15) is 0 Å². The van der Waals surface area contributed by atoms with Crippen LogP contribution >= 0.6 is 23.2 Å². The summed E-state index contributed by atoms with van der Waals surface area (Å²) in [7, 11) is -4.11. The van der Waals surface area contributed by atoms with Gasteiger partial charge < -0.3 is 0 Å². The van der Waals surface area contributed by atoms with E-state index >= 15 is 0 Å². The standard InChI is InChI=1S/C14H9Cl2N5O3S/c15-10-4-9(5-11(16)6-10)14(22)18-25(23,24)13-3-1-2-12(7-13)21-8-17-19-20-21/h1-8H,(H,18,22). The molecule has 2 aromatic carbocycles. The molecule has 0 aliphatic carbocycles. The van der Waals surface area contributed by atoms with Crippen LogP contribution in [-0.4, -0.2) is 34.5 Å². The molecule has 0 unspecified atom stereocenters. The number of aromatic nitrogens is 4. The molecule has 0 fully saturated rings. The third-order valence-corrected chi connectivity index (χ3v) is 4.86. The van der Waals surface area contributed by atoms with Crippen LogP contribution in [0.4, 0.5) is 0 Å². The van der Waals surface area contributed by atoms with E-state index in [-0.39, 0.29) is 20.5 Å². The van der Waals surface area contributed by atoms with E-state index < -0.39 is 15.9 Å². The van der Waals surface area contributed by atoms with Gasteiger partial charge >= 0.3 is 0 Å². The Morgan fingerprint density at radius 1 is 1.08 bits per heavy atom. The summed E-state index contributed by atoms with van der Waals surface area (Å²) < 4.78 is 28.2. The largest absolute Gasteiger partial charge is 0.268 e. The number of hydrogen-bond acceptors (Lipinski definition) is 6. The van der Waals surface area contributed by atoms with Crippen LogP contribution in [0.15, 0.2) is 53.7 Å². The van der Waals surface area contributed by atoms with Gasteiger partial charge in [0.05, 0.1) is 10.6 Å². The second-order valence-corrected chi connectivity index (χ2v) is 7.40. The van der Waals surface area contributed by atoms with E-state index in [1.54, 1.807) is 6.07 Å². The molecule has 0 saturated carbocycles. The molecular formula is C14H9Cl2N5O3S. The molecule has 3 rings (SSSR count). The van der Waals surface area contributed by atoms with Gasteiger partial charge in [-0.1, -0.05) is 29.3 Å². The fourth-order valence-corrected chi connectivity index (χ4v) is 3.54. The molecule has 1 N–H and O–H groups in total. The Morgan fingerprint density at radius 2 is 1.80 bits per heavy atom. The lowest BCUT2D eigenvalue weighted by molar-refractivity contribution is 0.0981. The van der Waals surface area contributed by atoms with Crippen molar-refractivity contribution in [1.29, 1.82) is 0 Å². The smallest absolute Gasteiger partial charge is 0.265 e. The van der Waals surface area contributed by atoms with Gasteiger partial charge in [0.25, 0.3) is 15.9 Å². The number of nitrogens with zero attached hydrogens (tertiary/aromatic N) is 4. The quantitative estimate of drug-likeness (QED) is 0.721. The molecule has 3 aromatic rings. The molecule has 0 atom stereocenters. The van der Waals surface area contributed by atoms with Crippen LogP contribution < -0.4 is 4.72 Å². The van der Waals surface area contributed by atoms with Crippen molar-refractivity contribution >= 4 is 39.1 Å². The number of amides is 1. The van der Waals surface area contributed by atoms with E-state index in [0.29, 0.717) is 5.69 Å². The summed E-state index contributed by atoms with van der Waals surface area (Å²) in [6.07, 6.45) is 1.32. The van der Waals surface area contributed by atoms with Gasteiger partial charge in [0.2, 0.25) is 0 Å². The first-order valence-electron chi connectivity index (χ1n) is 6.72. The first-order valence-corrected chi connectivity index (χ1v) is 8.96. The Labute approximate surface area is 152 Å². The normalized spacial score (nSPS) is 11.3. The number of nitrogens with one attached hydrogen (secondary N) is 1. The molecule has 0 aliphatic rings. The van der Waals surface area contributed by atoms with Crippen molar-refractivity contribution in [2.45, 2.75) is 4.90 Å². The van der Waals surface area contributed by atoms with Gasteiger partial charge in [-0.3, -0.25) is 4.79 Å². The minimum atomic E-state index is -4.11. The maximum atomic E-state index is 12.4. The van der Waals surface area contributed by atoms with E-state index in [9.17, 15) is 13.2 Å². The molecule has 1 heterocycles. The van der Waals surface area contributed by atoms with Crippen LogP contribution in [0.1, 0.15) is 10.4 Å². The Morgan fingerprint density at radius 3 is 2.44 bits per heavy atom. The molecule has 1 aromatic heterocycles. The van der Waals surface area contributed by atoms with Crippen LogP contribution in [0.2, 0.25) is 10.0 Å². The van der Waals surface area contributed by atoms with Gasteiger partial charge in [-0.25, -0.2) is 17.8 Å². The Bertz CT molecular complexity index is 1020. The predicted octanol–water partition coefficient (Wildman–Crippen LogP) is 2.09. The second-order valence-electron chi connectivity index (χ2n) is 4.84. The number of halogens is 2. The fraction of sp³-hybridized carbons (Fsp3) is 0. The maximum Gasteiger partial charge on any atom is 0.265 e. The zero-order valence-corrected chi connectivity index (χ0v) is 14.6. The lowest BCUT2D eigenvalue weighted by Gasteiger charge is -2.09. The molecule has 1 amide bonds. The number of rotatable bonds is 4. The second kappa shape index (κ2) is 6.79. The highest BCUT2D eigenvalue weighted by molar-refractivity contribution is 7.90. The minimum Gasteiger partial charge on any atom is -0.268 e. The van der Waals surface area contributed by atoms with E-state index in [4.69, 9.17) is 23.2 Å². The molecule has 0 spiro atoms. The number of carbonyl (C=O) groups excluding carboxylic acids is 1. The van der Waals surface area contributed by atoms with E-state index in [1.807, 2.05) is 4.72 Å². The molecule has 0 aliphatic heterocycles. The van der Waals surface area contributed by atoms with Gasteiger partial charge in [-0.05, 0) is 46.8 Å². The lowest BCUT2D eigenvalue weighted by Crippen LogP contribution is -2.30. The average molecular weight is 398 g/mol. The molecular weight excluding hydrogens is 389 g/mol. The van der Waals surface area contributed by atoms with Crippen molar-refractivity contribution in [2.24, 2.45) is 0 Å². The van der Waals surface area contributed by atoms with Crippen LogP contribution in [0, 0.1) is 0 Å². The zero-order valence-electron chi connectivity index (χ0n) is 12.3. The molecule has 25 heavy (non-hydrogen) atoms. The van der Waals surface area contributed by atoms with E-state index in [2.05, 4.69) is 15.5 Å². The van der Waals surface area contributed by atoms with Gasteiger partial charge in [0.15, 0.2) is 0 Å². The fourth-order valence-electron chi connectivity index (χ4n) is 2.00. The third-order valence-electron chi connectivity index (χ3n) is 3.09. The highest BCUT2D eigenvalue weighted by Crippen LogP contribution is 2.20. The highest BCUT2D eigenvalue weighted by Gasteiger charge is 2.20. The minimum absolute atomic E-state index is 0.0257. The number of carbonyl (C=O) groups is 1. The van der Waals surface area contributed by atoms with Gasteiger partial charge in [0.1, 0.15) is 6.33 Å². The lowest BCUT2D eigenvalue weighted by atomic mass is 10.2. The monoisotopic (exact) mass is 397 g/mol. The van der Waals surface area contributed by atoms with Gasteiger partial charge in [-0.15, -0.1) is 5.10 Å². The summed E-state index contributed by atoms with van der Waals surface area (Å²) in [4.78, 5) is 12.1. The molecule has 0 bridgehead atoms. The zero-order chi connectivity index (χ0) is 18.0. The van der Waals surface area contributed by atoms with Crippen molar-refractivity contribution < 1.29 is 13.2 Å². The number of benzene rings is 2. The third kappa shape index (κ3) is 3.95. The first kappa shape index (κ1) is 17.3. The highest BCUT2D eigenvalue weighted by atomic mass is 35.5. The van der Waals surface area contributed by atoms with Gasteiger partial charge in [0, 0.05) is 15.6 Å². The molecule has 8 nitrogen and oxygen atoms in total. The maximum absolute atomic E-state index is 12.4. The van der Waals surface area contributed by atoms with Crippen molar-refractivity contribution in [3.8, 4) is 5.69 Å². The summed E-state index contributed by atoms with van der Waals surface area (Å²) in [6.45, 7) is 0. The van der Waals surface area contributed by atoms with Crippen LogP contribution in [0.5, 0.6) is 0 Å². The van der Waals surface area contributed by atoms with Crippen molar-refractivity contribution in [2.75, 3.05) is 0 Å². The summed E-state index contributed by atoms with van der Waals surface area (Å²) in [6, 6.07) is 9.86. The average Bonchev–Trinajstić information content (AvgIpc) is 3.08. The number of hydrogen-bond donors (Lipinski definition) is 1. The van der Waals surface area contributed by atoms with Crippen molar-refractivity contribution in [3.05, 3.63) is 64.4 Å². The summed E-state index contributed by atoms with van der Waals surface area (Å²) >= 11 is 11.6. The molecule has 0 saturated heterocycles. The SMILES string of the molecule is O=C(NS(=O)(=O)c1cccc(-n2cnnn2)c1)c1cc(Cl)cc(Cl)c1. The topological polar surface area (TPSA) is 107 Å². The van der Waals surface area contributed by atoms with Crippen molar-refractivity contribution in [3.63, 3.8) is 0 Å². The molecule has 11 heteroatoms. The first-order chi connectivity index (χ1) is 11.8. The van der Waals surface area contributed by atoms with Crippen molar-refractivity contribution in [1.82, 2.24) is 24.9 Å². The number of sulfonamides is 1. The summed E-state index contributed by atoms with van der Waals surface area (Å²) in [5.41, 5.74) is 0.448. The predicted molar refractivity (Wildman–Crippen MR) is 90.3 cm³/mol. The summed E-state index contributed by atoms with van der Waals surface area (Å²) in [5.74, 6) is -0.850. The summed E-state index contributed by atoms with van der Waals surface area (Å²) in [5, 5.41) is 11.1. The number of tetrazole rings is 1. The van der Waals surface area contributed by atoms with Crippen LogP contribution in [-0.2, 0) is 10.0 Å².